The number of H-pyrrole nitrogens is 1. The molecule has 3 N–H and O–H groups in total. The molecule has 0 bridgehead atoms. The molecule has 2 aliphatic heterocycles. The van der Waals surface area contributed by atoms with Crippen LogP contribution in [-0.4, -0.2) is 58.5 Å². The molecule has 0 radical (unpaired) electrons. The van der Waals surface area contributed by atoms with Crippen molar-refractivity contribution in [1.29, 1.82) is 0 Å². The molecule has 2 fully saturated rings. The summed E-state index contributed by atoms with van der Waals surface area (Å²) >= 11 is 12.2. The zero-order valence-corrected chi connectivity index (χ0v) is 24.8. The number of ether oxygens (including phenoxy) is 1. The van der Waals surface area contributed by atoms with Crippen LogP contribution in [0, 0.1) is 5.92 Å². The predicted octanol–water partition coefficient (Wildman–Crippen LogP) is 6.44. The first kappa shape index (κ1) is 31.7. The van der Waals surface area contributed by atoms with E-state index in [4.69, 9.17) is 32.4 Å². The van der Waals surface area contributed by atoms with E-state index >= 15 is 0 Å². The molecule has 0 amide bonds. The smallest absolute Gasteiger partial charge is 0.326 e. The Morgan fingerprint density at radius 2 is 1.86 bits per heavy atom. The summed E-state index contributed by atoms with van der Waals surface area (Å²) in [6, 6.07) is 11.2. The lowest BCUT2D eigenvalue weighted by molar-refractivity contribution is 0.0289. The standard InChI is InChI=1S/C15H14FN3O.C13H14Cl2N2O2.CH3F.H2O/c16-9-12-17-13-10-5-1-2-6-11(10)20-14(13)15(18-12)19-7-3-4-8-19;1-7-6-19-3-2-11(7)17-12-9(15)4-8(14)5-10(12)16-13(17)18;1-2;/h1-2,5-6H,3-4,7-9H2;4-5,7,11H,2-3,6H2,1H3,(H,16,18);1H3;1H2/t;7-,11?;;/m.0../s1. The van der Waals surface area contributed by atoms with Gasteiger partial charge in [-0.05, 0) is 43.5 Å². The Hall–Kier alpha value is -3.25. The number of fused-ring (bicyclic) bond motifs is 4. The van der Waals surface area contributed by atoms with Crippen molar-refractivity contribution >= 4 is 62.1 Å². The van der Waals surface area contributed by atoms with E-state index in [9.17, 15) is 13.6 Å². The molecular weight excluding hydrogens is 591 g/mol. The van der Waals surface area contributed by atoms with Gasteiger partial charge in [0.2, 0.25) is 0 Å². The van der Waals surface area contributed by atoms with E-state index in [-0.39, 0.29) is 29.0 Å². The Bertz CT molecular complexity index is 1720. The van der Waals surface area contributed by atoms with Crippen molar-refractivity contribution in [3.63, 3.8) is 0 Å². The number of nitrogens with zero attached hydrogens (tertiary/aromatic N) is 4. The van der Waals surface area contributed by atoms with Gasteiger partial charge in [-0.15, -0.1) is 0 Å². The van der Waals surface area contributed by atoms with Crippen LogP contribution in [0.3, 0.4) is 0 Å². The molecule has 7 rings (SSSR count). The highest BCUT2D eigenvalue weighted by atomic mass is 35.5. The van der Waals surface area contributed by atoms with Gasteiger partial charge in [0.05, 0.1) is 29.8 Å². The molecule has 9 nitrogen and oxygen atoms in total. The number of halogens is 4. The van der Waals surface area contributed by atoms with E-state index in [1.165, 1.54) is 0 Å². The van der Waals surface area contributed by atoms with Crippen molar-refractivity contribution in [2.45, 2.75) is 38.9 Å². The van der Waals surface area contributed by atoms with Crippen LogP contribution >= 0.6 is 23.2 Å². The summed E-state index contributed by atoms with van der Waals surface area (Å²) in [6.07, 6.45) is 3.08. The first-order chi connectivity index (χ1) is 19.9. The van der Waals surface area contributed by atoms with Crippen molar-refractivity contribution < 1.29 is 23.4 Å². The highest BCUT2D eigenvalue weighted by Crippen LogP contribution is 2.35. The lowest BCUT2D eigenvalue weighted by atomic mass is 9.97. The van der Waals surface area contributed by atoms with Crippen LogP contribution in [0.5, 0.6) is 0 Å². The number of aromatic amines is 1. The second kappa shape index (κ2) is 13.8. The van der Waals surface area contributed by atoms with Gasteiger partial charge in [-0.25, -0.2) is 19.2 Å². The van der Waals surface area contributed by atoms with Gasteiger partial charge in [-0.1, -0.05) is 42.3 Å². The fourth-order valence-corrected chi connectivity index (χ4v) is 6.16. The Labute approximate surface area is 250 Å². The van der Waals surface area contributed by atoms with E-state index in [1.54, 1.807) is 16.7 Å². The van der Waals surface area contributed by atoms with Crippen molar-refractivity contribution in [2.24, 2.45) is 5.92 Å². The predicted molar refractivity (Wildman–Crippen MR) is 162 cm³/mol. The second-order valence-electron chi connectivity index (χ2n) is 10.1. The molecule has 1 unspecified atom stereocenters. The fourth-order valence-electron chi connectivity index (χ4n) is 5.58. The van der Waals surface area contributed by atoms with Crippen molar-refractivity contribution in [2.75, 3.05) is 38.4 Å². The molecule has 0 saturated carbocycles. The van der Waals surface area contributed by atoms with Gasteiger partial charge in [0, 0.05) is 42.1 Å². The largest absolute Gasteiger partial charge is 0.450 e. The van der Waals surface area contributed by atoms with Crippen LogP contribution in [0.4, 0.5) is 14.6 Å². The highest BCUT2D eigenvalue weighted by molar-refractivity contribution is 6.38. The zero-order valence-electron chi connectivity index (χ0n) is 23.3. The number of rotatable bonds is 3. The number of benzene rings is 2. The minimum atomic E-state index is -0.656. The number of para-hydroxylation sites is 1. The summed E-state index contributed by atoms with van der Waals surface area (Å²) in [5, 5.41) is 1.94. The van der Waals surface area contributed by atoms with Crippen LogP contribution < -0.4 is 10.6 Å². The van der Waals surface area contributed by atoms with Gasteiger partial charge in [0.25, 0.3) is 0 Å². The van der Waals surface area contributed by atoms with E-state index < -0.39 is 6.67 Å². The first-order valence-electron chi connectivity index (χ1n) is 13.5. The molecule has 0 aliphatic carbocycles. The van der Waals surface area contributed by atoms with Crippen LogP contribution in [0.2, 0.25) is 10.0 Å². The van der Waals surface area contributed by atoms with Gasteiger partial charge < -0.3 is 24.5 Å². The maximum atomic E-state index is 13.1. The topological polar surface area (TPSA) is 121 Å². The average molecular weight is 625 g/mol. The van der Waals surface area contributed by atoms with E-state index in [0.717, 1.165) is 54.7 Å². The number of imidazole rings is 1. The fraction of sp³-hybridized carbons (Fsp3) is 0.414. The Morgan fingerprint density at radius 3 is 2.57 bits per heavy atom. The number of hydrogen-bond acceptors (Lipinski definition) is 6. The molecule has 2 atom stereocenters. The SMILES string of the molecule is CF.C[C@H]1COCCC1n1c(=O)[nH]c2cc(Cl)cc(Cl)c21.FCc1nc(N2CCCC2)c2oc3ccccc3c2n1.O. The van der Waals surface area contributed by atoms with Gasteiger partial charge in [-0.3, -0.25) is 8.96 Å². The van der Waals surface area contributed by atoms with Gasteiger partial charge in [0.1, 0.15) is 17.8 Å². The number of alkyl halides is 2. The summed E-state index contributed by atoms with van der Waals surface area (Å²) in [5.41, 5.74) is 3.43. The molecule has 5 heterocycles. The summed E-state index contributed by atoms with van der Waals surface area (Å²) < 4.78 is 35.6. The lowest BCUT2D eigenvalue weighted by Gasteiger charge is -2.29. The lowest BCUT2D eigenvalue weighted by Crippen LogP contribution is -2.33. The van der Waals surface area contributed by atoms with E-state index in [1.807, 2.05) is 24.3 Å². The number of furan rings is 1. The Morgan fingerprint density at radius 1 is 1.12 bits per heavy atom. The molecule has 2 aliphatic rings. The number of hydrogen-bond donors (Lipinski definition) is 1. The second-order valence-corrected chi connectivity index (χ2v) is 10.9. The normalized spacial score (nSPS) is 18.4. The number of anilines is 1. The maximum Gasteiger partial charge on any atom is 0.326 e. The van der Waals surface area contributed by atoms with Crippen LogP contribution in [0.1, 0.15) is 38.1 Å². The van der Waals surface area contributed by atoms with Crippen molar-refractivity contribution in [3.8, 4) is 0 Å². The van der Waals surface area contributed by atoms with Gasteiger partial charge in [-0.2, -0.15) is 0 Å². The van der Waals surface area contributed by atoms with Crippen molar-refractivity contribution in [3.05, 3.63) is 62.8 Å². The molecule has 3 aromatic heterocycles. The minimum Gasteiger partial charge on any atom is -0.450 e. The monoisotopic (exact) mass is 623 g/mol. The van der Waals surface area contributed by atoms with Gasteiger partial charge in [0.15, 0.2) is 17.2 Å². The molecule has 0 spiro atoms. The summed E-state index contributed by atoms with van der Waals surface area (Å²) in [5.74, 6) is 1.24. The van der Waals surface area contributed by atoms with E-state index in [0.29, 0.717) is 47.1 Å². The van der Waals surface area contributed by atoms with E-state index in [2.05, 4.69) is 26.8 Å². The zero-order chi connectivity index (χ0) is 29.1. The molecule has 2 aromatic carbocycles. The summed E-state index contributed by atoms with van der Waals surface area (Å²) in [4.78, 5) is 25.8. The minimum absolute atomic E-state index is 0. The number of nitrogens with one attached hydrogen (secondary N) is 1. The first-order valence-corrected chi connectivity index (χ1v) is 14.2. The highest BCUT2D eigenvalue weighted by Gasteiger charge is 2.27. The molecular formula is C29H33Cl2F2N5O4. The Balaban J connectivity index is 0.000000179. The maximum absolute atomic E-state index is 13.1. The molecule has 13 heteroatoms. The third-order valence-corrected chi connectivity index (χ3v) is 7.94. The molecule has 226 valence electrons. The molecule has 42 heavy (non-hydrogen) atoms. The van der Waals surface area contributed by atoms with Crippen LogP contribution in [0.25, 0.3) is 33.1 Å². The summed E-state index contributed by atoms with van der Waals surface area (Å²) in [7, 11) is 0.500. The summed E-state index contributed by atoms with van der Waals surface area (Å²) in [6.45, 7) is 4.63. The quantitative estimate of drug-likeness (QED) is 0.247. The van der Waals surface area contributed by atoms with Crippen LogP contribution in [0.15, 0.2) is 45.6 Å². The third kappa shape index (κ3) is 6.10. The number of aromatic nitrogens is 4. The average Bonchev–Trinajstić information content (AvgIpc) is 3.72. The molecule has 2 saturated heterocycles. The third-order valence-electron chi connectivity index (χ3n) is 7.43. The molecule has 5 aromatic rings. The van der Waals surface area contributed by atoms with Crippen LogP contribution in [-0.2, 0) is 11.4 Å². The van der Waals surface area contributed by atoms with Crippen molar-refractivity contribution in [1.82, 2.24) is 19.5 Å². The Kier molecular flexibility index (Phi) is 10.4. The van der Waals surface area contributed by atoms with Gasteiger partial charge >= 0.3 is 5.69 Å².